The standard InChI is InChI=1S/C27H34BrNO2P.C5H5.Fe/c1-16-12-21(13-17(2)26(16)30-8)32(22-14-18(3)27(31-9)19(4)15-22)24-11-10-23(25(24)28)20(5)29(6)7;1-2-4-5-3-1;/h10-15,20H,1-9H3;1-5H;. The summed E-state index contributed by atoms with van der Waals surface area (Å²) in [5.41, 5.74) is 5.24. The van der Waals surface area contributed by atoms with Crippen LogP contribution in [0.25, 0.3) is 0 Å². The summed E-state index contributed by atoms with van der Waals surface area (Å²) in [6.07, 6.45) is 0. The molecule has 6 atom stereocenters. The number of halogens is 1. The minimum absolute atomic E-state index is 0.469. The third-order valence-corrected chi connectivity index (χ3v) is 78.3. The molecule has 12 rings (SSSR count). The van der Waals surface area contributed by atoms with Crippen molar-refractivity contribution in [3.8, 4) is 11.5 Å². The van der Waals surface area contributed by atoms with Crippen LogP contribution in [0.2, 0.25) is 38.0 Å². The van der Waals surface area contributed by atoms with E-state index < -0.39 is 14.4 Å². The predicted octanol–water partition coefficient (Wildman–Crippen LogP) is 7.29. The summed E-state index contributed by atoms with van der Waals surface area (Å²) in [6.45, 7) is 7.75. The molecule has 10 heterocycles. The van der Waals surface area contributed by atoms with Crippen LogP contribution in [0.15, 0.2) is 24.3 Å². The molecule has 10 saturated heterocycles. The molecule has 1 spiro atoms. The van der Waals surface area contributed by atoms with Crippen LogP contribution < -0.4 is 20.1 Å². The van der Waals surface area contributed by atoms with Crippen LogP contribution in [0.5, 0.6) is 11.5 Å². The SMILES string of the molecule is COc1c(C)cc(P(c2cc(C)c(OC)c(C)c2)[C]23[CH]4[CH]5[C]6(C(C)N(C)C)[C]2(Br)[Fe]54632789[CH]3[CH]2[CH]7[CH]8[CH]39)cc1C. The normalized spacial score (nSPS) is 64.8. The van der Waals surface area contributed by atoms with Crippen LogP contribution in [0.1, 0.15) is 29.2 Å². The van der Waals surface area contributed by atoms with Gasteiger partial charge in [0.05, 0.1) is 0 Å². The van der Waals surface area contributed by atoms with Gasteiger partial charge in [-0.05, 0) is 0 Å². The Bertz CT molecular complexity index is 1930. The summed E-state index contributed by atoms with van der Waals surface area (Å²) in [5, 5.41) is 3.28. The second kappa shape index (κ2) is 3.05. The second-order valence-corrected chi connectivity index (χ2v) is 44.6. The van der Waals surface area contributed by atoms with Crippen molar-refractivity contribution in [2.24, 2.45) is 0 Å². The van der Waals surface area contributed by atoms with Crippen LogP contribution in [-0.4, -0.2) is 46.5 Å². The molecule has 38 heavy (non-hydrogen) atoms. The molecule has 0 N–H and O–H groups in total. The van der Waals surface area contributed by atoms with E-state index in [9.17, 15) is 0 Å². The summed E-state index contributed by atoms with van der Waals surface area (Å²) in [6, 6.07) is 10.9. The molecule has 6 heteroatoms. The van der Waals surface area contributed by atoms with E-state index in [0.29, 0.717) is 11.6 Å². The zero-order chi connectivity index (χ0) is 26.5. The number of benzene rings is 2. The average molecular weight is 636 g/mol. The molecule has 0 aromatic heterocycles. The number of aryl methyl sites for hydroxylation is 4. The molecule has 3 nitrogen and oxygen atoms in total. The van der Waals surface area contributed by atoms with Gasteiger partial charge in [0.1, 0.15) is 0 Å². The van der Waals surface area contributed by atoms with Gasteiger partial charge in [0.25, 0.3) is 0 Å². The first kappa shape index (κ1) is 21.2. The van der Waals surface area contributed by atoms with Gasteiger partial charge in [-0.25, -0.2) is 0 Å². The monoisotopic (exact) mass is 635 g/mol. The van der Waals surface area contributed by atoms with E-state index in [4.69, 9.17) is 25.4 Å². The van der Waals surface area contributed by atoms with E-state index in [0.717, 1.165) is 22.4 Å². The van der Waals surface area contributed by atoms with E-state index in [-0.39, 0.29) is 0 Å². The van der Waals surface area contributed by atoms with E-state index >= 15 is 0 Å². The van der Waals surface area contributed by atoms with Crippen LogP contribution in [0.3, 0.4) is 0 Å². The number of ether oxygens (including phenoxy) is 2. The summed E-state index contributed by atoms with van der Waals surface area (Å²) in [4.78, 5) is 11.0. The molecule has 0 radical (unpaired) electrons. The average Bonchev–Trinajstić information content (AvgIpc) is 3.81. The molecule has 204 valence electrons. The van der Waals surface area contributed by atoms with Crippen molar-refractivity contribution >= 4 is 34.5 Å². The molecular formula is C32H39BrFeNO2P. The van der Waals surface area contributed by atoms with Crippen LogP contribution >= 0.6 is 23.9 Å². The first-order valence-corrected chi connectivity index (χ1v) is 22.7. The number of alkyl halides is 1. The molecule has 2 aromatic carbocycles. The molecule has 10 aliphatic heterocycles. The Balaban J connectivity index is 1.20. The maximum atomic E-state index is 5.87. The third kappa shape index (κ3) is 0.465. The first-order valence-electron chi connectivity index (χ1n) is 14.4. The molecule has 0 aliphatic carbocycles. The van der Waals surface area contributed by atoms with Gasteiger partial charge in [0.15, 0.2) is 0 Å². The van der Waals surface area contributed by atoms with Gasteiger partial charge in [0.2, 0.25) is 0 Å². The summed E-state index contributed by atoms with van der Waals surface area (Å²) in [7, 11) is 7.96. The second-order valence-electron chi connectivity index (χ2n) is 17.0. The van der Waals surface area contributed by atoms with E-state index in [1.54, 1.807) is 10.6 Å². The number of fused-ring (bicyclic) bond motifs is 10. The van der Waals surface area contributed by atoms with Crippen molar-refractivity contribution in [3.63, 3.8) is 0 Å². The minimum atomic E-state index is -3.97. The van der Waals surface area contributed by atoms with Crippen molar-refractivity contribution in [2.75, 3.05) is 28.3 Å². The van der Waals surface area contributed by atoms with Crippen LogP contribution in [-0.2, 0) is 6.51 Å². The topological polar surface area (TPSA) is 21.7 Å². The van der Waals surface area contributed by atoms with Crippen molar-refractivity contribution in [2.45, 2.75) is 86.0 Å². The number of rotatable bonds is 7. The molecule has 0 saturated carbocycles. The summed E-state index contributed by atoms with van der Waals surface area (Å²) in [5.74, 6) is 2.14. The first-order chi connectivity index (χ1) is 17.8. The number of methoxy groups -OCH3 is 2. The fraction of sp³-hybridized carbons (Fsp3) is 0.625. The zero-order valence-corrected chi connectivity index (χ0v) is 27.5. The third-order valence-electron chi connectivity index (χ3n) is 20.4. The van der Waals surface area contributed by atoms with Crippen LogP contribution in [0, 0.1) is 27.7 Å². The zero-order valence-electron chi connectivity index (χ0n) is 23.9. The van der Waals surface area contributed by atoms with E-state index in [1.807, 2.05) is 14.2 Å². The van der Waals surface area contributed by atoms with Crippen molar-refractivity contribution in [3.05, 3.63) is 46.5 Å². The molecule has 2 aromatic rings. The maximum absolute atomic E-state index is 5.87. The summed E-state index contributed by atoms with van der Waals surface area (Å²) < 4.78 is 13.6. The summed E-state index contributed by atoms with van der Waals surface area (Å²) >= 11 is 4.98. The van der Waals surface area contributed by atoms with Gasteiger partial charge in [-0.1, -0.05) is 0 Å². The number of hydrogen-bond acceptors (Lipinski definition) is 3. The molecule has 10 fully saturated rings. The Hall–Kier alpha value is -0.571. The fourth-order valence-corrected chi connectivity index (χ4v) is 128. The van der Waals surface area contributed by atoms with E-state index in [1.165, 1.54) is 51.2 Å². The molecule has 6 unspecified atom stereocenters. The quantitative estimate of drug-likeness (QED) is 0.181. The Morgan fingerprint density at radius 3 is 1.47 bits per heavy atom. The molecule has 0 amide bonds. The Labute approximate surface area is 226 Å². The molecule has 10 aliphatic rings. The van der Waals surface area contributed by atoms with E-state index in [2.05, 4.69) is 77.9 Å². The van der Waals surface area contributed by atoms with Crippen LogP contribution in [0.4, 0.5) is 0 Å². The van der Waals surface area contributed by atoms with Crippen molar-refractivity contribution in [1.82, 2.24) is 4.90 Å². The Morgan fingerprint density at radius 1 is 0.789 bits per heavy atom. The Morgan fingerprint density at radius 2 is 1.18 bits per heavy atom. The predicted molar refractivity (Wildman–Crippen MR) is 158 cm³/mol. The van der Waals surface area contributed by atoms with Gasteiger partial charge < -0.3 is 0 Å². The fourth-order valence-electron chi connectivity index (χ4n) is 22.1. The van der Waals surface area contributed by atoms with Gasteiger partial charge >= 0.3 is 228 Å². The van der Waals surface area contributed by atoms with Gasteiger partial charge in [-0.3, -0.25) is 0 Å². The molecular weight excluding hydrogens is 597 g/mol. The van der Waals surface area contributed by atoms with Crippen molar-refractivity contribution < 1.29 is 16.0 Å². The van der Waals surface area contributed by atoms with Gasteiger partial charge in [0, 0.05) is 0 Å². The number of nitrogens with zero attached hydrogens (tertiary/aromatic N) is 1. The number of hydrogen-bond donors (Lipinski definition) is 0. The van der Waals surface area contributed by atoms with Crippen molar-refractivity contribution in [1.29, 1.82) is 0 Å². The Kier molecular flexibility index (Phi) is 1.70. The molecule has 0 bridgehead atoms. The van der Waals surface area contributed by atoms with Gasteiger partial charge in [-0.15, -0.1) is 0 Å². The van der Waals surface area contributed by atoms with Gasteiger partial charge in [-0.2, -0.15) is 0 Å².